The molecule has 1 saturated heterocycles. The summed E-state index contributed by atoms with van der Waals surface area (Å²) in [6.45, 7) is 18.2. The van der Waals surface area contributed by atoms with Gasteiger partial charge in [-0.1, -0.05) is 20.8 Å². The number of aryl methyl sites for hydroxylation is 2. The molecule has 1 aromatic rings. The molecule has 0 aromatic carbocycles. The van der Waals surface area contributed by atoms with Crippen molar-refractivity contribution in [1.82, 2.24) is 4.98 Å². The number of anilines is 1. The van der Waals surface area contributed by atoms with Crippen molar-refractivity contribution >= 4 is 11.7 Å². The second-order valence-electron chi connectivity index (χ2n) is 9.48. The van der Waals surface area contributed by atoms with Crippen molar-refractivity contribution in [2.24, 2.45) is 5.41 Å². The minimum absolute atomic E-state index is 0.328. The summed E-state index contributed by atoms with van der Waals surface area (Å²) < 4.78 is 6.01. The molecule has 1 atom stereocenters. The van der Waals surface area contributed by atoms with Crippen LogP contribution < -0.4 is 4.90 Å². The molecule has 2 heterocycles. The zero-order valence-electron chi connectivity index (χ0n) is 18.3. The average molecular weight is 377 g/mol. The molecule has 0 bridgehead atoms. The molecule has 0 amide bonds. The topological polar surface area (TPSA) is 62.7 Å². The Labute approximate surface area is 164 Å². The van der Waals surface area contributed by atoms with Crippen LogP contribution in [0.4, 0.5) is 5.69 Å². The molecule has 1 N–H and O–H groups in total. The van der Waals surface area contributed by atoms with Crippen LogP contribution in [0.5, 0.6) is 0 Å². The van der Waals surface area contributed by atoms with Gasteiger partial charge in [0.1, 0.15) is 0 Å². The molecule has 1 aromatic heterocycles. The fourth-order valence-corrected chi connectivity index (χ4v) is 3.90. The Morgan fingerprint density at radius 1 is 1.22 bits per heavy atom. The van der Waals surface area contributed by atoms with Crippen molar-refractivity contribution in [3.05, 3.63) is 22.5 Å². The fourth-order valence-electron chi connectivity index (χ4n) is 3.90. The van der Waals surface area contributed by atoms with E-state index in [-0.39, 0.29) is 0 Å². The molecule has 5 heteroatoms. The van der Waals surface area contributed by atoms with Crippen LogP contribution >= 0.6 is 0 Å². The molecular weight excluding hydrogens is 340 g/mol. The number of hydrogen-bond acceptors (Lipinski definition) is 4. The van der Waals surface area contributed by atoms with Gasteiger partial charge in [0.05, 0.1) is 5.60 Å². The number of aliphatic carboxylic acids is 1. The van der Waals surface area contributed by atoms with Gasteiger partial charge in [0, 0.05) is 35.7 Å². The van der Waals surface area contributed by atoms with Crippen LogP contribution in [0.15, 0.2) is 0 Å². The molecule has 1 aliphatic rings. The van der Waals surface area contributed by atoms with Gasteiger partial charge in [-0.05, 0) is 64.9 Å². The fraction of sp³-hybridized carbons (Fsp3) is 0.727. The smallest absolute Gasteiger partial charge is 0.337 e. The third-order valence-corrected chi connectivity index (χ3v) is 5.45. The number of aromatic nitrogens is 1. The van der Waals surface area contributed by atoms with Gasteiger partial charge in [0.25, 0.3) is 0 Å². The lowest BCUT2D eigenvalue weighted by Crippen LogP contribution is -2.39. The first-order valence-electron chi connectivity index (χ1n) is 10.0. The molecule has 0 radical (unpaired) electrons. The van der Waals surface area contributed by atoms with Crippen molar-refractivity contribution < 1.29 is 14.6 Å². The van der Waals surface area contributed by atoms with Gasteiger partial charge in [0.2, 0.25) is 0 Å². The summed E-state index contributed by atoms with van der Waals surface area (Å²) in [6, 6.07) is 0. The maximum atomic E-state index is 12.2. The SMILES string of the molecule is CCc1c(C)nc(C)c([C@H](OC(C)(C)C)C(=O)O)c1N1CCC(C)(C)CC1. The van der Waals surface area contributed by atoms with Gasteiger partial charge in [-0.3, -0.25) is 4.98 Å². The number of carboxylic acids is 1. The number of pyridine rings is 1. The maximum Gasteiger partial charge on any atom is 0.337 e. The van der Waals surface area contributed by atoms with Gasteiger partial charge in [-0.2, -0.15) is 0 Å². The first-order chi connectivity index (χ1) is 12.4. The zero-order valence-corrected chi connectivity index (χ0v) is 18.3. The molecule has 27 heavy (non-hydrogen) atoms. The standard InChI is InChI=1S/C22H36N2O3/c1-9-16-14(2)23-15(3)17(19(20(25)26)27-21(4,5)6)18(16)24-12-10-22(7,8)11-13-24/h19H,9-13H2,1-8H3,(H,25,26)/t19-/m0/s1. The molecule has 5 nitrogen and oxygen atoms in total. The van der Waals surface area contributed by atoms with Crippen LogP contribution in [0.1, 0.15) is 83.0 Å². The minimum Gasteiger partial charge on any atom is -0.479 e. The highest BCUT2D eigenvalue weighted by Gasteiger charge is 2.35. The quantitative estimate of drug-likeness (QED) is 0.797. The Bertz CT molecular complexity index is 694. The molecule has 0 unspecified atom stereocenters. The molecule has 0 spiro atoms. The molecule has 2 rings (SSSR count). The van der Waals surface area contributed by atoms with Gasteiger partial charge in [0.15, 0.2) is 6.10 Å². The van der Waals surface area contributed by atoms with Crippen molar-refractivity contribution in [1.29, 1.82) is 0 Å². The summed E-state index contributed by atoms with van der Waals surface area (Å²) in [4.78, 5) is 19.2. The van der Waals surface area contributed by atoms with Crippen molar-refractivity contribution in [3.63, 3.8) is 0 Å². The number of ether oxygens (including phenoxy) is 1. The van der Waals surface area contributed by atoms with Crippen molar-refractivity contribution in [2.45, 2.75) is 86.4 Å². The highest BCUT2D eigenvalue weighted by atomic mass is 16.5. The molecule has 0 aliphatic carbocycles. The van der Waals surface area contributed by atoms with E-state index in [4.69, 9.17) is 9.72 Å². The normalized spacial score (nSPS) is 18.4. The zero-order chi connectivity index (χ0) is 20.6. The Morgan fingerprint density at radius 3 is 2.22 bits per heavy atom. The summed E-state index contributed by atoms with van der Waals surface area (Å²) in [7, 11) is 0. The Hall–Kier alpha value is -1.62. The lowest BCUT2D eigenvalue weighted by Gasteiger charge is -2.41. The van der Waals surface area contributed by atoms with Crippen LogP contribution in [0, 0.1) is 19.3 Å². The van der Waals surface area contributed by atoms with E-state index in [1.165, 1.54) is 0 Å². The Balaban J connectivity index is 2.63. The Kier molecular flexibility index (Phi) is 6.25. The summed E-state index contributed by atoms with van der Waals surface area (Å²) in [6.07, 6.45) is 1.98. The van der Waals surface area contributed by atoms with Gasteiger partial charge < -0.3 is 14.7 Å². The van der Waals surface area contributed by atoms with Crippen LogP contribution in [-0.4, -0.2) is 34.8 Å². The summed E-state index contributed by atoms with van der Waals surface area (Å²) in [5.41, 5.74) is 4.40. The first kappa shape index (κ1) is 21.7. The summed E-state index contributed by atoms with van der Waals surface area (Å²) in [5, 5.41) is 9.98. The van der Waals surface area contributed by atoms with Crippen LogP contribution in [0.2, 0.25) is 0 Å². The van der Waals surface area contributed by atoms with E-state index in [1.54, 1.807) is 0 Å². The van der Waals surface area contributed by atoms with Gasteiger partial charge >= 0.3 is 5.97 Å². The minimum atomic E-state index is -1.02. The maximum absolute atomic E-state index is 12.2. The molecule has 0 saturated carbocycles. The van der Waals surface area contributed by atoms with E-state index in [0.29, 0.717) is 5.41 Å². The predicted octanol–water partition coefficient (Wildman–Crippen LogP) is 4.83. The second-order valence-corrected chi connectivity index (χ2v) is 9.48. The van der Waals surface area contributed by atoms with E-state index < -0.39 is 17.7 Å². The number of piperidine rings is 1. The van der Waals surface area contributed by atoms with Crippen LogP contribution in [0.3, 0.4) is 0 Å². The predicted molar refractivity (Wildman–Crippen MR) is 110 cm³/mol. The van der Waals surface area contributed by atoms with E-state index >= 15 is 0 Å². The highest BCUT2D eigenvalue weighted by molar-refractivity contribution is 5.79. The summed E-state index contributed by atoms with van der Waals surface area (Å²) >= 11 is 0. The number of carbonyl (C=O) groups is 1. The number of nitrogens with zero attached hydrogens (tertiary/aromatic N) is 2. The molecule has 1 fully saturated rings. The van der Waals surface area contributed by atoms with E-state index in [1.807, 2.05) is 34.6 Å². The number of rotatable bonds is 5. The van der Waals surface area contributed by atoms with E-state index in [0.717, 1.165) is 60.6 Å². The highest BCUT2D eigenvalue weighted by Crippen LogP contribution is 2.41. The van der Waals surface area contributed by atoms with E-state index in [9.17, 15) is 9.90 Å². The van der Waals surface area contributed by atoms with Gasteiger partial charge in [-0.15, -0.1) is 0 Å². The summed E-state index contributed by atoms with van der Waals surface area (Å²) in [5.74, 6) is -0.959. The number of carboxylic acid groups (broad SMARTS) is 1. The lowest BCUT2D eigenvalue weighted by molar-refractivity contribution is -0.160. The second kappa shape index (κ2) is 7.78. The van der Waals surface area contributed by atoms with Crippen molar-refractivity contribution in [2.75, 3.05) is 18.0 Å². The van der Waals surface area contributed by atoms with Crippen LogP contribution in [0.25, 0.3) is 0 Å². The van der Waals surface area contributed by atoms with Crippen molar-refractivity contribution in [3.8, 4) is 0 Å². The lowest BCUT2D eigenvalue weighted by atomic mass is 9.82. The van der Waals surface area contributed by atoms with Gasteiger partial charge in [-0.25, -0.2) is 4.79 Å². The largest absolute Gasteiger partial charge is 0.479 e. The van der Waals surface area contributed by atoms with Crippen LogP contribution in [-0.2, 0) is 16.0 Å². The first-order valence-corrected chi connectivity index (χ1v) is 10.0. The molecule has 1 aliphatic heterocycles. The Morgan fingerprint density at radius 2 is 1.78 bits per heavy atom. The molecule has 152 valence electrons. The van der Waals surface area contributed by atoms with E-state index in [2.05, 4.69) is 25.7 Å². The number of hydrogen-bond donors (Lipinski definition) is 1. The third-order valence-electron chi connectivity index (χ3n) is 5.45. The monoisotopic (exact) mass is 376 g/mol. The molecular formula is C22H36N2O3. The third kappa shape index (κ3) is 5.01. The average Bonchev–Trinajstić information content (AvgIpc) is 2.51.